The van der Waals surface area contributed by atoms with Gasteiger partial charge in [0.15, 0.2) is 11.3 Å². The van der Waals surface area contributed by atoms with Crippen LogP contribution in [0.15, 0.2) is 30.3 Å². The first kappa shape index (κ1) is 10.8. The van der Waals surface area contributed by atoms with Crippen LogP contribution in [0.2, 0.25) is 0 Å². The number of hydrogen-bond acceptors (Lipinski definition) is 3. The van der Waals surface area contributed by atoms with Crippen LogP contribution in [0.1, 0.15) is 15.2 Å². The quantitative estimate of drug-likeness (QED) is 0.758. The van der Waals surface area contributed by atoms with Crippen molar-refractivity contribution in [3.63, 3.8) is 0 Å². The minimum atomic E-state index is -0.340. The Morgan fingerprint density at radius 2 is 2.12 bits per heavy atom. The van der Waals surface area contributed by atoms with Gasteiger partial charge >= 0.3 is 0 Å². The molecule has 82 valence electrons. The number of aldehydes is 1. The Bertz CT molecular complexity index is 519. The van der Waals surface area contributed by atoms with Crippen LogP contribution in [0.25, 0.3) is 0 Å². The average molecular weight is 236 g/mol. The molecule has 1 heterocycles. The van der Waals surface area contributed by atoms with Gasteiger partial charge < -0.3 is 4.74 Å². The first-order chi connectivity index (χ1) is 7.69. The number of carbonyl (C=O) groups is 1. The summed E-state index contributed by atoms with van der Waals surface area (Å²) in [5, 5.41) is 0.579. The number of rotatable bonds is 3. The van der Waals surface area contributed by atoms with Crippen molar-refractivity contribution in [1.29, 1.82) is 0 Å². The van der Waals surface area contributed by atoms with Crippen molar-refractivity contribution in [2.45, 2.75) is 6.92 Å². The van der Waals surface area contributed by atoms with Gasteiger partial charge in [-0.05, 0) is 30.7 Å². The molecule has 2 aromatic rings. The van der Waals surface area contributed by atoms with Crippen LogP contribution in [0, 0.1) is 12.7 Å². The lowest BCUT2D eigenvalue weighted by Gasteiger charge is -2.05. The van der Waals surface area contributed by atoms with E-state index in [1.165, 1.54) is 23.5 Å². The van der Waals surface area contributed by atoms with Gasteiger partial charge in [-0.3, -0.25) is 4.79 Å². The van der Waals surface area contributed by atoms with E-state index < -0.39 is 0 Å². The molecule has 1 aromatic heterocycles. The highest BCUT2D eigenvalue weighted by Gasteiger charge is 2.05. The van der Waals surface area contributed by atoms with Crippen LogP contribution in [0.4, 0.5) is 4.39 Å². The van der Waals surface area contributed by atoms with E-state index in [0.717, 1.165) is 11.8 Å². The molecular formula is C12H9FO2S. The highest BCUT2D eigenvalue weighted by Crippen LogP contribution is 2.30. The van der Waals surface area contributed by atoms with E-state index >= 15 is 0 Å². The normalized spacial score (nSPS) is 10.1. The second kappa shape index (κ2) is 4.45. The van der Waals surface area contributed by atoms with Gasteiger partial charge in [0, 0.05) is 6.07 Å². The third kappa shape index (κ3) is 2.28. The number of thiophene rings is 1. The molecule has 0 bridgehead atoms. The molecule has 0 amide bonds. The lowest BCUT2D eigenvalue weighted by molar-refractivity contribution is 0.112. The van der Waals surface area contributed by atoms with Crippen LogP contribution in [0.5, 0.6) is 10.8 Å². The van der Waals surface area contributed by atoms with Gasteiger partial charge in [-0.1, -0.05) is 17.4 Å². The molecule has 0 aliphatic rings. The zero-order chi connectivity index (χ0) is 11.5. The minimum absolute atomic E-state index is 0.340. The average Bonchev–Trinajstić information content (AvgIpc) is 2.71. The standard InChI is InChI=1S/C12H9FO2S/c1-8-2-3-9(13)6-11(8)15-12-5-4-10(7-14)16-12/h2-7H,1H3. The second-order valence-electron chi connectivity index (χ2n) is 3.29. The fourth-order valence-electron chi connectivity index (χ4n) is 1.24. The Hall–Kier alpha value is -1.68. The Kier molecular flexibility index (Phi) is 3.01. The molecule has 0 aliphatic heterocycles. The maximum absolute atomic E-state index is 13.0. The summed E-state index contributed by atoms with van der Waals surface area (Å²) in [6.45, 7) is 1.84. The third-order valence-corrected chi connectivity index (χ3v) is 2.97. The monoisotopic (exact) mass is 236 g/mol. The smallest absolute Gasteiger partial charge is 0.181 e. The zero-order valence-corrected chi connectivity index (χ0v) is 9.38. The Morgan fingerprint density at radius 1 is 1.31 bits per heavy atom. The van der Waals surface area contributed by atoms with Gasteiger partial charge in [0.25, 0.3) is 0 Å². The van der Waals surface area contributed by atoms with E-state index in [0.29, 0.717) is 15.7 Å². The van der Waals surface area contributed by atoms with E-state index in [9.17, 15) is 9.18 Å². The molecule has 0 aliphatic carbocycles. The van der Waals surface area contributed by atoms with E-state index in [4.69, 9.17) is 4.74 Å². The molecule has 0 radical (unpaired) electrons. The summed E-state index contributed by atoms with van der Waals surface area (Å²) in [7, 11) is 0. The first-order valence-corrected chi connectivity index (χ1v) is 5.50. The Balaban J connectivity index is 2.26. The molecule has 0 saturated heterocycles. The minimum Gasteiger partial charge on any atom is -0.446 e. The molecule has 0 unspecified atom stereocenters. The molecule has 2 rings (SSSR count). The SMILES string of the molecule is Cc1ccc(F)cc1Oc1ccc(C=O)s1. The topological polar surface area (TPSA) is 26.3 Å². The van der Waals surface area contributed by atoms with Crippen LogP contribution < -0.4 is 4.74 Å². The molecule has 0 atom stereocenters. The van der Waals surface area contributed by atoms with E-state index in [-0.39, 0.29) is 5.82 Å². The molecule has 0 N–H and O–H groups in total. The fraction of sp³-hybridized carbons (Fsp3) is 0.0833. The maximum Gasteiger partial charge on any atom is 0.181 e. The summed E-state index contributed by atoms with van der Waals surface area (Å²) >= 11 is 1.23. The summed E-state index contributed by atoms with van der Waals surface area (Å²) in [6, 6.07) is 7.72. The molecule has 0 spiro atoms. The highest BCUT2D eigenvalue weighted by molar-refractivity contribution is 7.15. The second-order valence-corrected chi connectivity index (χ2v) is 4.36. The van der Waals surface area contributed by atoms with Crippen molar-refractivity contribution in [3.05, 3.63) is 46.6 Å². The molecular weight excluding hydrogens is 227 g/mol. The highest BCUT2D eigenvalue weighted by atomic mass is 32.1. The predicted molar refractivity (Wildman–Crippen MR) is 60.9 cm³/mol. The first-order valence-electron chi connectivity index (χ1n) is 4.68. The Labute approximate surface area is 96.3 Å². The van der Waals surface area contributed by atoms with E-state index in [2.05, 4.69) is 0 Å². The van der Waals surface area contributed by atoms with Gasteiger partial charge in [-0.2, -0.15) is 0 Å². The zero-order valence-electron chi connectivity index (χ0n) is 8.57. The van der Waals surface area contributed by atoms with E-state index in [1.807, 2.05) is 6.92 Å². The lowest BCUT2D eigenvalue weighted by atomic mass is 10.2. The third-order valence-electron chi connectivity index (χ3n) is 2.08. The van der Waals surface area contributed by atoms with Crippen molar-refractivity contribution >= 4 is 17.6 Å². The summed E-state index contributed by atoms with van der Waals surface area (Å²) in [4.78, 5) is 11.1. The van der Waals surface area contributed by atoms with Gasteiger partial charge in [0.2, 0.25) is 0 Å². The molecule has 16 heavy (non-hydrogen) atoms. The summed E-state index contributed by atoms with van der Waals surface area (Å²) in [5.41, 5.74) is 0.849. The summed E-state index contributed by atoms with van der Waals surface area (Å²) in [5.74, 6) is 0.132. The summed E-state index contributed by atoms with van der Waals surface area (Å²) in [6.07, 6.45) is 0.760. The number of benzene rings is 1. The van der Waals surface area contributed by atoms with Crippen LogP contribution in [-0.4, -0.2) is 6.29 Å². The molecule has 4 heteroatoms. The van der Waals surface area contributed by atoms with Crippen molar-refractivity contribution in [3.8, 4) is 10.8 Å². The largest absolute Gasteiger partial charge is 0.446 e. The molecule has 1 aromatic carbocycles. The van der Waals surface area contributed by atoms with Crippen LogP contribution in [0.3, 0.4) is 0 Å². The van der Waals surface area contributed by atoms with E-state index in [1.54, 1.807) is 18.2 Å². The number of halogens is 1. The predicted octanol–water partition coefficient (Wildman–Crippen LogP) is 3.80. The van der Waals surface area contributed by atoms with Gasteiger partial charge in [0.1, 0.15) is 11.6 Å². The Morgan fingerprint density at radius 3 is 2.81 bits per heavy atom. The van der Waals surface area contributed by atoms with Gasteiger partial charge in [-0.15, -0.1) is 0 Å². The van der Waals surface area contributed by atoms with Gasteiger partial charge in [-0.25, -0.2) is 4.39 Å². The molecule has 0 fully saturated rings. The number of ether oxygens (including phenoxy) is 1. The van der Waals surface area contributed by atoms with Crippen molar-refractivity contribution in [2.75, 3.05) is 0 Å². The molecule has 0 saturated carbocycles. The maximum atomic E-state index is 13.0. The lowest BCUT2D eigenvalue weighted by Crippen LogP contribution is -1.86. The fourth-order valence-corrected chi connectivity index (χ4v) is 1.93. The number of aryl methyl sites for hydroxylation is 1. The summed E-state index contributed by atoms with van der Waals surface area (Å²) < 4.78 is 18.5. The number of hydrogen-bond donors (Lipinski definition) is 0. The van der Waals surface area contributed by atoms with Crippen LogP contribution in [-0.2, 0) is 0 Å². The number of carbonyl (C=O) groups excluding carboxylic acids is 1. The molecule has 2 nitrogen and oxygen atoms in total. The van der Waals surface area contributed by atoms with Crippen molar-refractivity contribution in [1.82, 2.24) is 0 Å². The van der Waals surface area contributed by atoms with Crippen molar-refractivity contribution in [2.24, 2.45) is 0 Å². The van der Waals surface area contributed by atoms with Crippen molar-refractivity contribution < 1.29 is 13.9 Å². The van der Waals surface area contributed by atoms with Crippen LogP contribution >= 0.6 is 11.3 Å². The van der Waals surface area contributed by atoms with Gasteiger partial charge in [0.05, 0.1) is 4.88 Å².